The van der Waals surface area contributed by atoms with E-state index in [1.807, 2.05) is 31.2 Å². The number of rotatable bonds is 3. The molecular weight excluding hydrogens is 364 g/mol. The Labute approximate surface area is 162 Å². The molecule has 0 N–H and O–H groups in total. The maximum Gasteiger partial charge on any atom is 0.266 e. The van der Waals surface area contributed by atoms with Gasteiger partial charge in [-0.05, 0) is 43.7 Å². The van der Waals surface area contributed by atoms with Crippen LogP contribution in [0, 0.1) is 6.92 Å². The Morgan fingerprint density at radius 3 is 2.74 bits per heavy atom. The highest BCUT2D eigenvalue weighted by molar-refractivity contribution is 6.30. The van der Waals surface area contributed by atoms with Gasteiger partial charge in [-0.3, -0.25) is 9.69 Å². The summed E-state index contributed by atoms with van der Waals surface area (Å²) in [5, 5.41) is 5.06. The normalized spacial score (nSPS) is 15.6. The van der Waals surface area contributed by atoms with E-state index in [0.717, 1.165) is 41.2 Å². The lowest BCUT2D eigenvalue weighted by molar-refractivity contribution is 0.165. The summed E-state index contributed by atoms with van der Waals surface area (Å²) in [7, 11) is 1.69. The number of hydrogen-bond acceptors (Lipinski definition) is 5. The highest BCUT2D eigenvalue weighted by atomic mass is 35.5. The molecule has 1 aromatic carbocycles. The van der Waals surface area contributed by atoms with E-state index in [4.69, 9.17) is 16.0 Å². The van der Waals surface area contributed by atoms with Crippen molar-refractivity contribution in [3.63, 3.8) is 0 Å². The number of oxazole rings is 1. The molecule has 6 nitrogen and oxygen atoms in total. The van der Waals surface area contributed by atoms with Gasteiger partial charge < -0.3 is 4.42 Å². The molecule has 4 rings (SSSR count). The zero-order valence-corrected chi connectivity index (χ0v) is 16.3. The lowest BCUT2D eigenvalue weighted by Crippen LogP contribution is -2.36. The molecule has 0 bridgehead atoms. The number of aryl methyl sites for hydroxylation is 2. The Bertz CT molecular complexity index is 1040. The van der Waals surface area contributed by atoms with Gasteiger partial charge in [0.05, 0.1) is 17.4 Å². The number of hydrogen-bond donors (Lipinski definition) is 0. The van der Waals surface area contributed by atoms with Crippen LogP contribution in [0.2, 0.25) is 5.02 Å². The molecule has 3 heterocycles. The van der Waals surface area contributed by atoms with E-state index in [9.17, 15) is 4.79 Å². The average Bonchev–Trinajstić information content (AvgIpc) is 3.04. The van der Waals surface area contributed by atoms with E-state index in [0.29, 0.717) is 17.5 Å². The number of aromatic nitrogens is 3. The molecule has 0 fully saturated rings. The molecule has 0 amide bonds. The molecule has 7 heteroatoms. The van der Waals surface area contributed by atoms with Crippen LogP contribution in [0.25, 0.3) is 11.3 Å². The van der Waals surface area contributed by atoms with Crippen molar-refractivity contribution in [3.05, 3.63) is 68.6 Å². The van der Waals surface area contributed by atoms with Gasteiger partial charge >= 0.3 is 0 Å². The predicted molar refractivity (Wildman–Crippen MR) is 104 cm³/mol. The standard InChI is InChI=1S/C20H21ClN4O2/c1-12-19(14-4-6-16(21)7-5-14)27-20(22-12)13(2)25-9-8-17-15(11-25)10-18(26)24(3)23-17/h4-7,10,13H,8-9,11H2,1-3H3/t13-/m1/s1. The first kappa shape index (κ1) is 17.9. The second-order valence-corrected chi connectivity index (χ2v) is 7.38. The van der Waals surface area contributed by atoms with Crippen molar-refractivity contribution >= 4 is 11.6 Å². The van der Waals surface area contributed by atoms with E-state index in [-0.39, 0.29) is 11.6 Å². The Balaban J connectivity index is 1.59. The molecule has 0 aliphatic carbocycles. The molecule has 140 valence electrons. The van der Waals surface area contributed by atoms with Crippen LogP contribution in [0.5, 0.6) is 0 Å². The third kappa shape index (κ3) is 3.42. The van der Waals surface area contributed by atoms with Gasteiger partial charge in [0.25, 0.3) is 5.56 Å². The molecule has 0 saturated carbocycles. The van der Waals surface area contributed by atoms with Gasteiger partial charge in [-0.15, -0.1) is 0 Å². The first-order valence-electron chi connectivity index (χ1n) is 8.96. The van der Waals surface area contributed by atoms with E-state index < -0.39 is 0 Å². The first-order valence-corrected chi connectivity index (χ1v) is 9.33. The average molecular weight is 385 g/mol. The Morgan fingerprint density at radius 2 is 2.00 bits per heavy atom. The molecule has 3 aromatic rings. The van der Waals surface area contributed by atoms with Gasteiger partial charge in [-0.2, -0.15) is 5.10 Å². The van der Waals surface area contributed by atoms with Crippen molar-refractivity contribution in [2.24, 2.45) is 7.05 Å². The second kappa shape index (κ2) is 6.94. The smallest absolute Gasteiger partial charge is 0.266 e. The van der Waals surface area contributed by atoms with Crippen molar-refractivity contribution in [1.82, 2.24) is 19.7 Å². The summed E-state index contributed by atoms with van der Waals surface area (Å²) in [5.41, 5.74) is 3.70. The molecule has 1 aliphatic rings. The second-order valence-electron chi connectivity index (χ2n) is 6.95. The summed E-state index contributed by atoms with van der Waals surface area (Å²) in [4.78, 5) is 18.8. The van der Waals surface area contributed by atoms with Crippen LogP contribution in [0.4, 0.5) is 0 Å². The number of nitrogens with zero attached hydrogens (tertiary/aromatic N) is 4. The van der Waals surface area contributed by atoms with Crippen LogP contribution in [-0.4, -0.2) is 26.2 Å². The van der Waals surface area contributed by atoms with Gasteiger partial charge in [-0.1, -0.05) is 11.6 Å². The van der Waals surface area contributed by atoms with Crippen molar-refractivity contribution in [1.29, 1.82) is 0 Å². The van der Waals surface area contributed by atoms with Gasteiger partial charge in [0.1, 0.15) is 0 Å². The summed E-state index contributed by atoms with van der Waals surface area (Å²) in [6.07, 6.45) is 0.803. The molecule has 0 radical (unpaired) electrons. The van der Waals surface area contributed by atoms with Crippen molar-refractivity contribution < 1.29 is 4.42 Å². The number of halogens is 1. The fraction of sp³-hybridized carbons (Fsp3) is 0.350. The maximum atomic E-state index is 11.9. The zero-order chi connectivity index (χ0) is 19.1. The topological polar surface area (TPSA) is 64.2 Å². The molecule has 0 spiro atoms. The lowest BCUT2D eigenvalue weighted by Gasteiger charge is -2.31. The van der Waals surface area contributed by atoms with Gasteiger partial charge in [0, 0.05) is 43.2 Å². The Morgan fingerprint density at radius 1 is 1.26 bits per heavy atom. The minimum Gasteiger partial charge on any atom is -0.439 e. The van der Waals surface area contributed by atoms with E-state index in [1.54, 1.807) is 13.1 Å². The molecule has 1 aliphatic heterocycles. The summed E-state index contributed by atoms with van der Waals surface area (Å²) >= 11 is 5.98. The highest BCUT2D eigenvalue weighted by Gasteiger charge is 2.27. The minimum absolute atomic E-state index is 0.00181. The highest BCUT2D eigenvalue weighted by Crippen LogP contribution is 2.31. The van der Waals surface area contributed by atoms with Gasteiger partial charge in [0.2, 0.25) is 5.89 Å². The fourth-order valence-electron chi connectivity index (χ4n) is 3.47. The number of fused-ring (bicyclic) bond motifs is 1. The van der Waals surface area contributed by atoms with Crippen LogP contribution in [-0.2, 0) is 20.0 Å². The van der Waals surface area contributed by atoms with Crippen molar-refractivity contribution in [3.8, 4) is 11.3 Å². The predicted octanol–water partition coefficient (Wildman–Crippen LogP) is 3.52. The zero-order valence-electron chi connectivity index (χ0n) is 15.6. The fourth-order valence-corrected chi connectivity index (χ4v) is 3.59. The monoisotopic (exact) mass is 384 g/mol. The third-order valence-electron chi connectivity index (χ3n) is 5.09. The number of benzene rings is 1. The van der Waals surface area contributed by atoms with Crippen molar-refractivity contribution in [2.45, 2.75) is 32.9 Å². The molecule has 0 unspecified atom stereocenters. The van der Waals surface area contributed by atoms with E-state index >= 15 is 0 Å². The summed E-state index contributed by atoms with van der Waals surface area (Å²) in [6, 6.07) is 9.24. The quantitative estimate of drug-likeness (QED) is 0.691. The molecule has 27 heavy (non-hydrogen) atoms. The first-order chi connectivity index (χ1) is 12.9. The van der Waals surface area contributed by atoms with E-state index in [1.165, 1.54) is 4.68 Å². The summed E-state index contributed by atoms with van der Waals surface area (Å²) in [6.45, 7) is 5.54. The van der Waals surface area contributed by atoms with Gasteiger partial charge in [0.15, 0.2) is 5.76 Å². The minimum atomic E-state index is -0.0831. The van der Waals surface area contributed by atoms with E-state index in [2.05, 4.69) is 21.9 Å². The molecule has 1 atom stereocenters. The third-order valence-corrected chi connectivity index (χ3v) is 5.34. The van der Waals surface area contributed by atoms with Crippen molar-refractivity contribution in [2.75, 3.05) is 6.54 Å². The summed E-state index contributed by atoms with van der Waals surface area (Å²) < 4.78 is 7.51. The van der Waals surface area contributed by atoms with Crippen LogP contribution < -0.4 is 5.56 Å². The molecule has 0 saturated heterocycles. The van der Waals surface area contributed by atoms with Gasteiger partial charge in [-0.25, -0.2) is 9.67 Å². The largest absolute Gasteiger partial charge is 0.439 e. The van der Waals surface area contributed by atoms with Crippen LogP contribution >= 0.6 is 11.6 Å². The lowest BCUT2D eigenvalue weighted by atomic mass is 10.0. The van der Waals surface area contributed by atoms with Crippen LogP contribution in [0.15, 0.2) is 39.5 Å². The molecule has 2 aromatic heterocycles. The molecular formula is C20H21ClN4O2. The van der Waals surface area contributed by atoms with Crippen LogP contribution in [0.1, 0.15) is 35.8 Å². The SMILES string of the molecule is Cc1nc([C@@H](C)N2CCc3nn(C)c(=O)cc3C2)oc1-c1ccc(Cl)cc1. The summed E-state index contributed by atoms with van der Waals surface area (Å²) in [5.74, 6) is 1.44. The Kier molecular flexibility index (Phi) is 4.61. The Hall–Kier alpha value is -2.44. The van der Waals surface area contributed by atoms with Crippen LogP contribution in [0.3, 0.4) is 0 Å². The maximum absolute atomic E-state index is 11.9.